The van der Waals surface area contributed by atoms with Crippen molar-refractivity contribution in [2.45, 2.75) is 33.7 Å². The van der Waals surface area contributed by atoms with E-state index >= 15 is 0 Å². The third-order valence-electron chi connectivity index (χ3n) is 2.92. The summed E-state index contributed by atoms with van der Waals surface area (Å²) >= 11 is 0. The highest BCUT2D eigenvalue weighted by Gasteiger charge is 2.08. The summed E-state index contributed by atoms with van der Waals surface area (Å²) in [6.45, 7) is 6.78. The highest BCUT2D eigenvalue weighted by Crippen LogP contribution is 2.10. The molecule has 0 aliphatic carbocycles. The summed E-state index contributed by atoms with van der Waals surface area (Å²) in [5, 5.41) is 0. The molecule has 0 bridgehead atoms. The molecule has 2 rings (SSSR count). The van der Waals surface area contributed by atoms with E-state index < -0.39 is 0 Å². The Bertz CT molecular complexity index is 553. The van der Waals surface area contributed by atoms with Crippen molar-refractivity contribution in [1.29, 1.82) is 0 Å². The van der Waals surface area contributed by atoms with Gasteiger partial charge in [-0.2, -0.15) is 15.0 Å². The molecule has 2 aromatic rings. The van der Waals surface area contributed by atoms with Crippen LogP contribution in [0.4, 0.5) is 11.9 Å². The number of imidazole rings is 1. The van der Waals surface area contributed by atoms with Crippen molar-refractivity contribution < 1.29 is 0 Å². The average Bonchev–Trinajstić information content (AvgIpc) is 2.50. The van der Waals surface area contributed by atoms with Crippen LogP contribution in [0.15, 0.2) is 0 Å². The van der Waals surface area contributed by atoms with E-state index in [1.54, 1.807) is 0 Å². The highest BCUT2D eigenvalue weighted by atomic mass is 15.1. The van der Waals surface area contributed by atoms with Gasteiger partial charge in [0, 0.05) is 18.7 Å². The molecule has 2 heterocycles. The zero-order chi connectivity index (χ0) is 13.3. The summed E-state index contributed by atoms with van der Waals surface area (Å²) < 4.78 is 2.13. The molecule has 7 nitrogen and oxygen atoms in total. The lowest BCUT2D eigenvalue weighted by Gasteiger charge is -2.07. The zero-order valence-electron chi connectivity index (χ0n) is 10.8. The van der Waals surface area contributed by atoms with Crippen molar-refractivity contribution in [2.24, 2.45) is 0 Å². The third-order valence-corrected chi connectivity index (χ3v) is 2.92. The van der Waals surface area contributed by atoms with Crippen LogP contribution in [0.2, 0.25) is 0 Å². The van der Waals surface area contributed by atoms with E-state index in [2.05, 4.69) is 24.5 Å². The molecule has 0 fully saturated rings. The summed E-state index contributed by atoms with van der Waals surface area (Å²) in [7, 11) is 0. The maximum absolute atomic E-state index is 5.53. The van der Waals surface area contributed by atoms with E-state index in [-0.39, 0.29) is 11.9 Å². The minimum Gasteiger partial charge on any atom is -0.368 e. The Morgan fingerprint density at radius 3 is 2.06 bits per heavy atom. The number of aromatic nitrogens is 5. The standard InChI is InChI=1S/C11H17N7/c1-6-7(2)18(8(3)14-6)5-4-9-15-10(12)17-11(13)16-9/h4-5H2,1-3H3,(H4,12,13,15,16,17). The Kier molecular flexibility index (Phi) is 3.14. The van der Waals surface area contributed by atoms with Crippen LogP contribution in [0.3, 0.4) is 0 Å². The van der Waals surface area contributed by atoms with Crippen LogP contribution >= 0.6 is 0 Å². The second-order valence-corrected chi connectivity index (χ2v) is 4.20. The Morgan fingerprint density at radius 1 is 0.944 bits per heavy atom. The maximum atomic E-state index is 5.53. The SMILES string of the molecule is Cc1nc(C)n(CCc2nc(N)nc(N)n2)c1C. The molecule has 0 aliphatic heterocycles. The van der Waals surface area contributed by atoms with Crippen LogP contribution in [0.1, 0.15) is 23.0 Å². The molecule has 7 heteroatoms. The number of hydrogen-bond donors (Lipinski definition) is 2. The van der Waals surface area contributed by atoms with Crippen molar-refractivity contribution in [3.05, 3.63) is 23.0 Å². The lowest BCUT2D eigenvalue weighted by Crippen LogP contribution is -2.11. The molecular weight excluding hydrogens is 230 g/mol. The number of aryl methyl sites for hydroxylation is 3. The van der Waals surface area contributed by atoms with E-state index in [1.165, 1.54) is 0 Å². The fourth-order valence-electron chi connectivity index (χ4n) is 1.93. The number of nitrogen functional groups attached to an aromatic ring is 2. The number of nitrogens with zero attached hydrogens (tertiary/aromatic N) is 5. The molecular formula is C11H17N7. The lowest BCUT2D eigenvalue weighted by molar-refractivity contribution is 0.636. The van der Waals surface area contributed by atoms with Crippen molar-refractivity contribution in [3.8, 4) is 0 Å². The molecule has 0 unspecified atom stereocenters. The second-order valence-electron chi connectivity index (χ2n) is 4.20. The number of hydrogen-bond acceptors (Lipinski definition) is 6. The van der Waals surface area contributed by atoms with E-state index in [9.17, 15) is 0 Å². The van der Waals surface area contributed by atoms with Gasteiger partial charge in [-0.05, 0) is 20.8 Å². The summed E-state index contributed by atoms with van der Waals surface area (Å²) in [6, 6.07) is 0. The molecule has 0 spiro atoms. The fraction of sp³-hybridized carbons (Fsp3) is 0.455. The van der Waals surface area contributed by atoms with Crippen LogP contribution in [-0.4, -0.2) is 24.5 Å². The van der Waals surface area contributed by atoms with Crippen molar-refractivity contribution in [3.63, 3.8) is 0 Å². The van der Waals surface area contributed by atoms with Gasteiger partial charge in [-0.1, -0.05) is 0 Å². The first-order chi connectivity index (χ1) is 8.47. The molecule has 0 atom stereocenters. The van der Waals surface area contributed by atoms with Crippen molar-refractivity contribution >= 4 is 11.9 Å². The number of rotatable bonds is 3. The van der Waals surface area contributed by atoms with E-state index in [4.69, 9.17) is 11.5 Å². The topological polar surface area (TPSA) is 109 Å². The average molecular weight is 247 g/mol. The predicted molar refractivity (Wildman–Crippen MR) is 68.8 cm³/mol. The second kappa shape index (κ2) is 4.59. The minimum absolute atomic E-state index is 0.160. The lowest BCUT2D eigenvalue weighted by atomic mass is 10.3. The van der Waals surface area contributed by atoms with Gasteiger partial charge in [0.2, 0.25) is 11.9 Å². The van der Waals surface area contributed by atoms with Gasteiger partial charge < -0.3 is 16.0 Å². The first-order valence-corrected chi connectivity index (χ1v) is 5.73. The minimum atomic E-state index is 0.160. The van der Waals surface area contributed by atoms with Gasteiger partial charge in [0.15, 0.2) is 0 Å². The van der Waals surface area contributed by atoms with E-state index in [0.717, 1.165) is 23.8 Å². The monoisotopic (exact) mass is 247 g/mol. The van der Waals surface area contributed by atoms with Gasteiger partial charge in [-0.15, -0.1) is 0 Å². The highest BCUT2D eigenvalue weighted by molar-refractivity contribution is 5.25. The molecule has 0 saturated carbocycles. The molecule has 4 N–H and O–H groups in total. The van der Waals surface area contributed by atoms with Crippen LogP contribution in [0.5, 0.6) is 0 Å². The van der Waals surface area contributed by atoms with Crippen molar-refractivity contribution in [1.82, 2.24) is 24.5 Å². The third kappa shape index (κ3) is 2.39. The molecule has 96 valence electrons. The predicted octanol–water partition coefficient (Wildman–Crippen LogP) is 0.400. The first-order valence-electron chi connectivity index (χ1n) is 5.73. The summed E-state index contributed by atoms with van der Waals surface area (Å²) in [5.41, 5.74) is 13.3. The van der Waals surface area contributed by atoms with Crippen LogP contribution in [0, 0.1) is 20.8 Å². The van der Waals surface area contributed by atoms with Gasteiger partial charge in [0.05, 0.1) is 5.69 Å². The molecule has 0 saturated heterocycles. The number of nitrogens with two attached hydrogens (primary N) is 2. The Hall–Kier alpha value is -2.18. The van der Waals surface area contributed by atoms with E-state index in [0.29, 0.717) is 12.2 Å². The maximum Gasteiger partial charge on any atom is 0.225 e. The summed E-state index contributed by atoms with van der Waals surface area (Å²) in [6.07, 6.45) is 0.647. The van der Waals surface area contributed by atoms with Crippen LogP contribution in [-0.2, 0) is 13.0 Å². The first kappa shape index (κ1) is 12.3. The summed E-state index contributed by atoms with van der Waals surface area (Å²) in [5.74, 6) is 1.91. The van der Waals surface area contributed by atoms with Gasteiger partial charge in [0.1, 0.15) is 11.6 Å². The van der Waals surface area contributed by atoms with Crippen LogP contribution in [0.25, 0.3) is 0 Å². The Morgan fingerprint density at radius 2 is 1.56 bits per heavy atom. The van der Waals surface area contributed by atoms with Gasteiger partial charge in [-0.3, -0.25) is 0 Å². The molecule has 0 aromatic carbocycles. The van der Waals surface area contributed by atoms with Gasteiger partial charge >= 0.3 is 0 Å². The zero-order valence-corrected chi connectivity index (χ0v) is 10.8. The summed E-state index contributed by atoms with van der Waals surface area (Å²) in [4.78, 5) is 16.3. The molecule has 0 amide bonds. The Balaban J connectivity index is 2.16. The quantitative estimate of drug-likeness (QED) is 0.812. The normalized spacial score (nSPS) is 10.8. The number of anilines is 2. The molecule has 2 aromatic heterocycles. The molecule has 0 radical (unpaired) electrons. The van der Waals surface area contributed by atoms with Crippen molar-refractivity contribution in [2.75, 3.05) is 11.5 Å². The van der Waals surface area contributed by atoms with Gasteiger partial charge in [-0.25, -0.2) is 4.98 Å². The fourth-order valence-corrected chi connectivity index (χ4v) is 1.93. The van der Waals surface area contributed by atoms with Gasteiger partial charge in [0.25, 0.3) is 0 Å². The van der Waals surface area contributed by atoms with E-state index in [1.807, 2.05) is 20.8 Å². The van der Waals surface area contributed by atoms with Crippen LogP contribution < -0.4 is 11.5 Å². The smallest absolute Gasteiger partial charge is 0.225 e. The molecule has 0 aliphatic rings. The Labute approximate surface area is 105 Å². The molecule has 18 heavy (non-hydrogen) atoms. The largest absolute Gasteiger partial charge is 0.368 e.